The van der Waals surface area contributed by atoms with Crippen molar-refractivity contribution in [2.75, 3.05) is 20.3 Å². The van der Waals surface area contributed by atoms with E-state index in [9.17, 15) is 13.6 Å². The quantitative estimate of drug-likeness (QED) is 0.825. The lowest BCUT2D eigenvalue weighted by Gasteiger charge is -2.04. The Kier molecular flexibility index (Phi) is 4.85. The summed E-state index contributed by atoms with van der Waals surface area (Å²) in [4.78, 5) is 11.0. The van der Waals surface area contributed by atoms with Gasteiger partial charge < -0.3 is 10.1 Å². The average molecular weight is 229 g/mol. The smallest absolute Gasteiger partial charge is 0.245 e. The van der Waals surface area contributed by atoms with Gasteiger partial charge in [0, 0.05) is 19.7 Å². The lowest BCUT2D eigenvalue weighted by atomic mass is 10.1. The van der Waals surface area contributed by atoms with Gasteiger partial charge >= 0.3 is 0 Å². The fraction of sp³-hybridized carbons (Fsp3) is 0.364. The minimum Gasteiger partial charge on any atom is -0.375 e. The molecule has 0 aliphatic heterocycles. The van der Waals surface area contributed by atoms with Crippen LogP contribution < -0.4 is 5.32 Å². The summed E-state index contributed by atoms with van der Waals surface area (Å²) in [5.74, 6) is -1.48. The van der Waals surface area contributed by atoms with Crippen molar-refractivity contribution in [2.45, 2.75) is 6.42 Å². The monoisotopic (exact) mass is 229 g/mol. The Morgan fingerprint density at radius 2 is 1.94 bits per heavy atom. The van der Waals surface area contributed by atoms with Crippen molar-refractivity contribution < 1.29 is 18.3 Å². The highest BCUT2D eigenvalue weighted by Gasteiger charge is 2.02. The topological polar surface area (TPSA) is 38.3 Å². The Balaban J connectivity index is 2.40. The molecule has 0 heterocycles. The van der Waals surface area contributed by atoms with E-state index in [1.165, 1.54) is 19.2 Å². The van der Waals surface area contributed by atoms with Gasteiger partial charge in [0.15, 0.2) is 0 Å². The third-order valence-electron chi connectivity index (χ3n) is 1.93. The van der Waals surface area contributed by atoms with Crippen molar-refractivity contribution in [3.05, 3.63) is 35.4 Å². The van der Waals surface area contributed by atoms with E-state index in [0.717, 1.165) is 6.07 Å². The molecule has 0 saturated heterocycles. The zero-order valence-corrected chi connectivity index (χ0v) is 8.93. The number of hydrogen-bond acceptors (Lipinski definition) is 2. The molecule has 5 heteroatoms. The minimum absolute atomic E-state index is 0.0164. The van der Waals surface area contributed by atoms with Crippen LogP contribution in [-0.4, -0.2) is 26.2 Å². The van der Waals surface area contributed by atoms with Crippen LogP contribution in [-0.2, 0) is 16.0 Å². The first-order chi connectivity index (χ1) is 7.61. The summed E-state index contributed by atoms with van der Waals surface area (Å²) in [6, 6.07) is 3.30. The molecule has 0 unspecified atom stereocenters. The zero-order chi connectivity index (χ0) is 12.0. The van der Waals surface area contributed by atoms with E-state index in [4.69, 9.17) is 0 Å². The molecule has 1 rings (SSSR count). The van der Waals surface area contributed by atoms with Crippen LogP contribution in [0.25, 0.3) is 0 Å². The van der Waals surface area contributed by atoms with E-state index in [1.54, 1.807) is 0 Å². The highest BCUT2D eigenvalue weighted by Crippen LogP contribution is 2.07. The van der Waals surface area contributed by atoms with Crippen LogP contribution in [0.2, 0.25) is 0 Å². The third kappa shape index (κ3) is 4.35. The van der Waals surface area contributed by atoms with Crippen molar-refractivity contribution in [2.24, 2.45) is 0 Å². The summed E-state index contributed by atoms with van der Waals surface area (Å²) in [5, 5.41) is 2.56. The summed E-state index contributed by atoms with van der Waals surface area (Å²) >= 11 is 0. The maximum Gasteiger partial charge on any atom is 0.245 e. The zero-order valence-electron chi connectivity index (χ0n) is 8.93. The molecule has 0 saturated carbocycles. The number of halogens is 2. The number of amides is 1. The van der Waals surface area contributed by atoms with Crippen LogP contribution in [0.15, 0.2) is 18.2 Å². The molecule has 0 spiro atoms. The maximum atomic E-state index is 12.8. The van der Waals surface area contributed by atoms with E-state index in [-0.39, 0.29) is 12.5 Å². The molecule has 0 bridgehead atoms. The SMILES string of the molecule is COCC(=O)NCCc1cc(F)cc(F)c1. The van der Waals surface area contributed by atoms with E-state index in [1.807, 2.05) is 0 Å². The van der Waals surface area contributed by atoms with Crippen LogP contribution in [0.4, 0.5) is 8.78 Å². The average Bonchev–Trinajstić information content (AvgIpc) is 2.16. The van der Waals surface area contributed by atoms with Crippen molar-refractivity contribution in [1.29, 1.82) is 0 Å². The highest BCUT2D eigenvalue weighted by atomic mass is 19.1. The predicted molar refractivity (Wildman–Crippen MR) is 54.9 cm³/mol. The van der Waals surface area contributed by atoms with Gasteiger partial charge in [0.1, 0.15) is 18.2 Å². The van der Waals surface area contributed by atoms with Crippen LogP contribution in [0.1, 0.15) is 5.56 Å². The standard InChI is InChI=1S/C11H13F2NO2/c1-16-7-11(15)14-3-2-8-4-9(12)6-10(13)5-8/h4-6H,2-3,7H2,1H3,(H,14,15). The normalized spacial score (nSPS) is 10.2. The molecule has 0 aliphatic rings. The lowest BCUT2D eigenvalue weighted by molar-refractivity contribution is -0.124. The van der Waals surface area contributed by atoms with Crippen molar-refractivity contribution in [3.63, 3.8) is 0 Å². The number of ether oxygens (including phenoxy) is 1. The van der Waals surface area contributed by atoms with Crippen molar-refractivity contribution in [3.8, 4) is 0 Å². The number of hydrogen-bond donors (Lipinski definition) is 1. The van der Waals surface area contributed by atoms with Gasteiger partial charge in [-0.25, -0.2) is 8.78 Å². The van der Waals surface area contributed by atoms with E-state index >= 15 is 0 Å². The molecule has 0 aromatic heterocycles. The van der Waals surface area contributed by atoms with Crippen LogP contribution in [0.5, 0.6) is 0 Å². The molecule has 0 aliphatic carbocycles. The molecule has 0 atom stereocenters. The van der Waals surface area contributed by atoms with Gasteiger partial charge in [-0.05, 0) is 24.1 Å². The summed E-state index contributed by atoms with van der Waals surface area (Å²) < 4.78 is 30.2. The van der Waals surface area contributed by atoms with Crippen molar-refractivity contribution in [1.82, 2.24) is 5.32 Å². The van der Waals surface area contributed by atoms with Gasteiger partial charge in [0.05, 0.1) is 0 Å². The summed E-state index contributed by atoms with van der Waals surface area (Å²) in [5.41, 5.74) is 0.509. The number of methoxy groups -OCH3 is 1. The van der Waals surface area contributed by atoms with Gasteiger partial charge in [-0.2, -0.15) is 0 Å². The number of carbonyl (C=O) groups excluding carboxylic acids is 1. The Hall–Kier alpha value is -1.49. The van der Waals surface area contributed by atoms with Gasteiger partial charge in [-0.3, -0.25) is 4.79 Å². The lowest BCUT2D eigenvalue weighted by Crippen LogP contribution is -2.29. The third-order valence-corrected chi connectivity index (χ3v) is 1.93. The molecule has 1 aromatic rings. The van der Waals surface area contributed by atoms with Crippen molar-refractivity contribution >= 4 is 5.91 Å². The Morgan fingerprint density at radius 3 is 2.50 bits per heavy atom. The van der Waals surface area contributed by atoms with Gasteiger partial charge in [0.2, 0.25) is 5.91 Å². The fourth-order valence-electron chi connectivity index (χ4n) is 1.28. The molecule has 88 valence electrons. The second kappa shape index (κ2) is 6.17. The van der Waals surface area contributed by atoms with E-state index in [0.29, 0.717) is 18.5 Å². The number of benzene rings is 1. The first-order valence-electron chi connectivity index (χ1n) is 4.82. The van der Waals surface area contributed by atoms with E-state index in [2.05, 4.69) is 10.1 Å². The molecule has 0 radical (unpaired) electrons. The minimum atomic E-state index is -0.613. The summed E-state index contributed by atoms with van der Waals surface area (Å²) in [6.45, 7) is 0.308. The van der Waals surface area contributed by atoms with Gasteiger partial charge in [-0.1, -0.05) is 0 Å². The highest BCUT2D eigenvalue weighted by molar-refractivity contribution is 5.77. The summed E-state index contributed by atoms with van der Waals surface area (Å²) in [6.07, 6.45) is 0.379. The molecule has 1 aromatic carbocycles. The molecular formula is C11H13F2NO2. The predicted octanol–water partition coefficient (Wildman–Crippen LogP) is 1.27. The maximum absolute atomic E-state index is 12.8. The second-order valence-corrected chi connectivity index (χ2v) is 3.31. The fourth-order valence-corrected chi connectivity index (χ4v) is 1.28. The molecule has 0 fully saturated rings. The molecule has 16 heavy (non-hydrogen) atoms. The van der Waals surface area contributed by atoms with E-state index < -0.39 is 11.6 Å². The van der Waals surface area contributed by atoms with Crippen LogP contribution in [0.3, 0.4) is 0 Å². The molecule has 1 amide bonds. The molecular weight excluding hydrogens is 216 g/mol. The van der Waals surface area contributed by atoms with Gasteiger partial charge in [-0.15, -0.1) is 0 Å². The first kappa shape index (κ1) is 12.6. The number of rotatable bonds is 5. The largest absolute Gasteiger partial charge is 0.375 e. The van der Waals surface area contributed by atoms with Crippen LogP contribution >= 0.6 is 0 Å². The molecule has 3 nitrogen and oxygen atoms in total. The first-order valence-corrected chi connectivity index (χ1v) is 4.82. The Bertz CT molecular complexity index is 349. The second-order valence-electron chi connectivity index (χ2n) is 3.31. The number of carbonyl (C=O) groups is 1. The molecule has 1 N–H and O–H groups in total. The van der Waals surface area contributed by atoms with Crippen LogP contribution in [0, 0.1) is 11.6 Å². The Labute approximate surface area is 92.4 Å². The number of nitrogens with one attached hydrogen (secondary N) is 1. The summed E-state index contributed by atoms with van der Waals surface area (Å²) in [7, 11) is 1.42. The van der Waals surface area contributed by atoms with Gasteiger partial charge in [0.25, 0.3) is 0 Å². The Morgan fingerprint density at radius 1 is 1.31 bits per heavy atom.